The van der Waals surface area contributed by atoms with Crippen LogP contribution in [0.4, 0.5) is 30.2 Å². The molecule has 0 radical (unpaired) electrons. The van der Waals surface area contributed by atoms with Crippen LogP contribution >= 0.6 is 22.9 Å². The predicted molar refractivity (Wildman–Crippen MR) is 170 cm³/mol. The maximum Gasteiger partial charge on any atom is 0.405 e. The first-order chi connectivity index (χ1) is 21.4. The lowest BCUT2D eigenvalue weighted by Crippen LogP contribution is -2.49. The summed E-state index contributed by atoms with van der Waals surface area (Å²) in [5.74, 6) is -1.31. The number of hydrogen-bond donors (Lipinski definition) is 2. The van der Waals surface area contributed by atoms with E-state index in [2.05, 4.69) is 15.1 Å². The van der Waals surface area contributed by atoms with Crippen molar-refractivity contribution in [3.8, 4) is 6.07 Å². The molecule has 1 aromatic heterocycles. The van der Waals surface area contributed by atoms with E-state index in [9.17, 15) is 32.8 Å². The maximum atomic E-state index is 13.1. The van der Waals surface area contributed by atoms with Gasteiger partial charge in [-0.2, -0.15) is 18.4 Å². The van der Waals surface area contributed by atoms with E-state index < -0.39 is 29.8 Å². The molecule has 0 bridgehead atoms. The highest BCUT2D eigenvalue weighted by Crippen LogP contribution is 2.21. The number of nitrogens with zero attached hydrogens (tertiary/aromatic N) is 5. The van der Waals surface area contributed by atoms with Gasteiger partial charge in [-0.3, -0.25) is 23.9 Å². The number of aromatic nitrogens is 1. The second-order valence-electron chi connectivity index (χ2n) is 10.1. The van der Waals surface area contributed by atoms with Gasteiger partial charge in [0.25, 0.3) is 11.5 Å². The number of nitriles is 1. The van der Waals surface area contributed by atoms with Gasteiger partial charge in [-0.05, 0) is 49.4 Å². The van der Waals surface area contributed by atoms with Crippen molar-refractivity contribution in [2.24, 2.45) is 0 Å². The summed E-state index contributed by atoms with van der Waals surface area (Å²) >= 11 is 6.80. The molecule has 45 heavy (non-hydrogen) atoms. The minimum absolute atomic E-state index is 0.0502. The van der Waals surface area contributed by atoms with E-state index in [-0.39, 0.29) is 28.2 Å². The molecule has 0 unspecified atom stereocenters. The number of piperazine rings is 1. The number of alkyl halides is 3. The molecule has 238 valence electrons. The molecule has 2 amide bonds. The summed E-state index contributed by atoms with van der Waals surface area (Å²) in [4.78, 5) is 44.3. The van der Waals surface area contributed by atoms with Gasteiger partial charge in [0.2, 0.25) is 5.91 Å². The zero-order chi connectivity index (χ0) is 32.7. The molecule has 10 nitrogen and oxygen atoms in total. The van der Waals surface area contributed by atoms with Crippen molar-refractivity contribution in [2.45, 2.75) is 19.6 Å². The van der Waals surface area contributed by atoms with Gasteiger partial charge < -0.3 is 20.4 Å². The quantitative estimate of drug-likeness (QED) is 0.363. The second kappa shape index (κ2) is 14.6. The molecule has 1 aliphatic rings. The normalized spacial score (nSPS) is 15.0. The van der Waals surface area contributed by atoms with Crippen LogP contribution in [0.2, 0.25) is 5.02 Å². The molecule has 0 saturated carbocycles. The molecular formula is C30H31ClF3N7O3S. The van der Waals surface area contributed by atoms with Crippen molar-refractivity contribution in [1.82, 2.24) is 14.8 Å². The largest absolute Gasteiger partial charge is 0.405 e. The lowest BCUT2D eigenvalue weighted by atomic mass is 10.2. The number of carbonyl (C=O) groups excluding carboxylic acids is 2. The molecular weight excluding hydrogens is 631 g/mol. The number of thiazole rings is 1. The van der Waals surface area contributed by atoms with Crippen LogP contribution in [0.5, 0.6) is 0 Å². The van der Waals surface area contributed by atoms with Crippen LogP contribution in [0.3, 0.4) is 0 Å². The standard InChI is InChI=1S/C30H31ClF3N7O3S/c1-3-41-28(44)25(45-29(41)24(16-35)27(43)37-19-30(32,33)34)17-36-21-5-4-6-23(15-21)38(2)26(42)18-39-11-13-40(14-12-39)22-9-7-20(31)8-10-22/h4-10,15,17,36H,3,11-14,18-19H2,1-2H3,(H,37,43)/b25-17+,29-24-. The first-order valence-corrected chi connectivity index (χ1v) is 15.1. The average molecular weight is 662 g/mol. The lowest BCUT2D eigenvalue weighted by Gasteiger charge is -2.36. The molecule has 1 aliphatic heterocycles. The van der Waals surface area contributed by atoms with E-state index in [1.54, 1.807) is 54.5 Å². The van der Waals surface area contributed by atoms with Gasteiger partial charge in [0.05, 0.1) is 6.54 Å². The topological polar surface area (TPSA) is 114 Å². The fraction of sp³-hybridized carbons (Fsp3) is 0.333. The van der Waals surface area contributed by atoms with Crippen molar-refractivity contribution in [3.63, 3.8) is 0 Å². The second-order valence-corrected chi connectivity index (χ2v) is 11.6. The van der Waals surface area contributed by atoms with Gasteiger partial charge in [0.15, 0.2) is 5.57 Å². The number of rotatable bonds is 9. The fourth-order valence-corrected chi connectivity index (χ4v) is 5.88. The Balaban J connectivity index is 1.44. The van der Waals surface area contributed by atoms with Crippen molar-refractivity contribution in [3.05, 3.63) is 73.1 Å². The minimum atomic E-state index is -4.65. The minimum Gasteiger partial charge on any atom is -0.369 e. The Hall–Kier alpha value is -4.32. The van der Waals surface area contributed by atoms with Gasteiger partial charge in [0.1, 0.15) is 21.8 Å². The molecule has 15 heteroatoms. The van der Waals surface area contributed by atoms with Crippen LogP contribution in [0, 0.1) is 11.3 Å². The van der Waals surface area contributed by atoms with E-state index in [1.165, 1.54) is 6.20 Å². The molecule has 2 aromatic carbocycles. The number of amides is 2. The van der Waals surface area contributed by atoms with Crippen LogP contribution in [0.15, 0.2) is 53.3 Å². The third kappa shape index (κ3) is 8.65. The van der Waals surface area contributed by atoms with E-state index >= 15 is 0 Å². The van der Waals surface area contributed by atoms with Crippen molar-refractivity contribution in [2.75, 3.05) is 61.4 Å². The summed E-state index contributed by atoms with van der Waals surface area (Å²) in [5.41, 5.74) is 1.18. The van der Waals surface area contributed by atoms with Crippen LogP contribution in [0.25, 0.3) is 11.8 Å². The number of nitrogens with one attached hydrogen (secondary N) is 2. The predicted octanol–water partition coefficient (Wildman–Crippen LogP) is 2.57. The molecule has 0 spiro atoms. The highest BCUT2D eigenvalue weighted by atomic mass is 35.5. The average Bonchev–Trinajstić information content (AvgIpc) is 3.33. The van der Waals surface area contributed by atoms with Gasteiger partial charge >= 0.3 is 6.18 Å². The summed E-state index contributed by atoms with van der Waals surface area (Å²) in [6.07, 6.45) is -3.26. The Morgan fingerprint density at radius 3 is 2.44 bits per heavy atom. The maximum absolute atomic E-state index is 13.1. The van der Waals surface area contributed by atoms with Crippen molar-refractivity contribution in [1.29, 1.82) is 5.26 Å². The Morgan fingerprint density at radius 2 is 1.82 bits per heavy atom. The number of halogens is 4. The first kappa shape index (κ1) is 33.6. The Bertz CT molecular complexity index is 1760. The Morgan fingerprint density at radius 1 is 1.13 bits per heavy atom. The molecule has 1 fully saturated rings. The highest BCUT2D eigenvalue weighted by Gasteiger charge is 2.29. The number of benzene rings is 2. The third-order valence-electron chi connectivity index (χ3n) is 7.13. The summed E-state index contributed by atoms with van der Waals surface area (Å²) < 4.78 is 38.9. The SMILES string of the molecule is CCn1c(=O)/c(=C\Nc2cccc(N(C)C(=O)CN3CCN(c4ccc(Cl)cc4)CC3)c2)s/c1=C(/C#N)C(=O)NCC(F)(F)F. The summed E-state index contributed by atoms with van der Waals surface area (Å²) in [6, 6.07) is 16.3. The van der Waals surface area contributed by atoms with Crippen LogP contribution in [0.1, 0.15) is 6.92 Å². The summed E-state index contributed by atoms with van der Waals surface area (Å²) in [7, 11) is 1.68. The molecule has 2 N–H and O–H groups in total. The van der Waals surface area contributed by atoms with Crippen LogP contribution in [-0.2, 0) is 16.1 Å². The molecule has 1 saturated heterocycles. The Kier molecular flexibility index (Phi) is 10.9. The van der Waals surface area contributed by atoms with Crippen LogP contribution < -0.4 is 35.2 Å². The first-order valence-electron chi connectivity index (χ1n) is 14.0. The van der Waals surface area contributed by atoms with Crippen molar-refractivity contribution >= 4 is 63.6 Å². The number of anilines is 3. The van der Waals surface area contributed by atoms with Gasteiger partial charge in [0, 0.05) is 68.1 Å². The molecule has 0 aliphatic carbocycles. The van der Waals surface area contributed by atoms with Gasteiger partial charge in [-0.1, -0.05) is 17.7 Å². The lowest BCUT2D eigenvalue weighted by molar-refractivity contribution is -0.135. The summed E-state index contributed by atoms with van der Waals surface area (Å²) in [6.45, 7) is 3.37. The molecule has 0 atom stereocenters. The molecule has 2 heterocycles. The fourth-order valence-electron chi connectivity index (χ4n) is 4.67. The van der Waals surface area contributed by atoms with E-state index in [1.807, 2.05) is 24.3 Å². The molecule has 3 aromatic rings. The van der Waals surface area contributed by atoms with Gasteiger partial charge in [-0.25, -0.2) is 0 Å². The smallest absolute Gasteiger partial charge is 0.369 e. The third-order valence-corrected chi connectivity index (χ3v) is 8.51. The Labute approximate surface area is 266 Å². The monoisotopic (exact) mass is 661 g/mol. The number of carbonyl (C=O) groups is 2. The summed E-state index contributed by atoms with van der Waals surface area (Å²) in [5, 5.41) is 14.9. The van der Waals surface area contributed by atoms with Crippen LogP contribution in [-0.4, -0.2) is 73.8 Å². The van der Waals surface area contributed by atoms with Gasteiger partial charge in [-0.15, -0.1) is 11.3 Å². The zero-order valence-electron chi connectivity index (χ0n) is 24.5. The molecule has 4 rings (SSSR count). The zero-order valence-corrected chi connectivity index (χ0v) is 26.1. The van der Waals surface area contributed by atoms with E-state index in [0.29, 0.717) is 16.4 Å². The highest BCUT2D eigenvalue weighted by molar-refractivity contribution is 7.07. The number of likely N-dealkylation sites (N-methyl/N-ethyl adjacent to an activating group) is 1. The van der Waals surface area contributed by atoms with E-state index in [4.69, 9.17) is 11.6 Å². The van der Waals surface area contributed by atoms with Crippen molar-refractivity contribution < 1.29 is 22.8 Å². The number of hydrogen-bond acceptors (Lipinski definition) is 8. The van der Waals surface area contributed by atoms with E-state index in [0.717, 1.165) is 47.8 Å².